The molecule has 1 aromatic heterocycles. The van der Waals surface area contributed by atoms with Crippen molar-refractivity contribution >= 4 is 29.0 Å². The lowest BCUT2D eigenvalue weighted by Crippen LogP contribution is -2.39. The smallest absolute Gasteiger partial charge is 0.410 e. The molecule has 4 nitrogen and oxygen atoms in total. The molecule has 1 N–H and O–H groups in total. The minimum absolute atomic E-state index is 0.181. The number of thiophene rings is 1. The van der Waals surface area contributed by atoms with Crippen molar-refractivity contribution in [3.63, 3.8) is 0 Å². The fraction of sp³-hybridized carbons (Fsp3) is 0.688. The Labute approximate surface area is 141 Å². The Morgan fingerprint density at radius 1 is 1.50 bits per heavy atom. The Balaban J connectivity index is 1.67. The molecule has 0 aliphatic heterocycles. The van der Waals surface area contributed by atoms with Crippen molar-refractivity contribution in [2.75, 3.05) is 13.1 Å². The molecule has 0 unspecified atom stereocenters. The second-order valence-electron chi connectivity index (χ2n) is 6.67. The van der Waals surface area contributed by atoms with Gasteiger partial charge in [0, 0.05) is 29.4 Å². The summed E-state index contributed by atoms with van der Waals surface area (Å²) in [6.45, 7) is 8.17. The Bertz CT molecular complexity index is 495. The van der Waals surface area contributed by atoms with Crippen LogP contribution in [0.2, 0.25) is 5.02 Å². The minimum Gasteiger partial charge on any atom is -0.444 e. The summed E-state index contributed by atoms with van der Waals surface area (Å²) in [4.78, 5) is 15.3. The third-order valence-corrected chi connectivity index (χ3v) is 4.57. The summed E-state index contributed by atoms with van der Waals surface area (Å²) in [7, 11) is 0. The molecule has 1 heterocycles. The number of nitrogens with zero attached hydrogens (tertiary/aromatic N) is 1. The molecule has 1 saturated carbocycles. The Kier molecular flexibility index (Phi) is 6.12. The van der Waals surface area contributed by atoms with Gasteiger partial charge in [-0.3, -0.25) is 0 Å². The standard InChI is InChI=1S/C16H25ClN2O2S/c1-16(2,3)21-15(20)19(13-5-6-13)8-4-7-18-10-14-9-12(17)11-22-14/h9,11,13,18H,4-8,10H2,1-3H3. The maximum absolute atomic E-state index is 12.2. The van der Waals surface area contributed by atoms with Crippen molar-refractivity contribution in [2.24, 2.45) is 0 Å². The Morgan fingerprint density at radius 2 is 2.23 bits per heavy atom. The molecule has 0 aromatic carbocycles. The van der Waals surface area contributed by atoms with Crippen LogP contribution < -0.4 is 5.32 Å². The average molecular weight is 345 g/mol. The highest BCUT2D eigenvalue weighted by atomic mass is 35.5. The SMILES string of the molecule is CC(C)(C)OC(=O)N(CCCNCc1cc(Cl)cs1)C1CC1. The van der Waals surface area contributed by atoms with Crippen LogP contribution in [0.1, 0.15) is 44.9 Å². The zero-order valence-electron chi connectivity index (χ0n) is 13.5. The largest absolute Gasteiger partial charge is 0.444 e. The molecule has 1 aliphatic carbocycles. The van der Waals surface area contributed by atoms with E-state index in [0.29, 0.717) is 6.04 Å². The summed E-state index contributed by atoms with van der Waals surface area (Å²) in [6, 6.07) is 2.36. The van der Waals surface area contributed by atoms with Gasteiger partial charge in [-0.25, -0.2) is 4.79 Å². The summed E-state index contributed by atoms with van der Waals surface area (Å²) in [5.41, 5.74) is -0.430. The Morgan fingerprint density at radius 3 is 2.77 bits per heavy atom. The average Bonchev–Trinajstić information content (AvgIpc) is 3.14. The number of nitrogens with one attached hydrogen (secondary N) is 1. The fourth-order valence-corrected chi connectivity index (χ4v) is 3.20. The van der Waals surface area contributed by atoms with Gasteiger partial charge in [-0.15, -0.1) is 11.3 Å². The van der Waals surface area contributed by atoms with E-state index in [4.69, 9.17) is 16.3 Å². The summed E-state index contributed by atoms with van der Waals surface area (Å²) in [6.07, 6.45) is 2.94. The van der Waals surface area contributed by atoms with Gasteiger partial charge >= 0.3 is 6.09 Å². The van der Waals surface area contributed by atoms with Crippen molar-refractivity contribution in [2.45, 2.75) is 58.2 Å². The van der Waals surface area contributed by atoms with Crippen molar-refractivity contribution < 1.29 is 9.53 Å². The van der Waals surface area contributed by atoms with Gasteiger partial charge in [0.05, 0.1) is 5.02 Å². The predicted octanol–water partition coefficient (Wildman–Crippen LogP) is 4.28. The number of hydrogen-bond donors (Lipinski definition) is 1. The van der Waals surface area contributed by atoms with Crippen molar-refractivity contribution in [1.29, 1.82) is 0 Å². The van der Waals surface area contributed by atoms with Crippen LogP contribution in [-0.2, 0) is 11.3 Å². The molecule has 2 rings (SSSR count). The monoisotopic (exact) mass is 344 g/mol. The molecule has 1 aromatic rings. The van der Waals surface area contributed by atoms with Crippen molar-refractivity contribution in [1.82, 2.24) is 10.2 Å². The first kappa shape index (κ1) is 17.6. The molecule has 0 atom stereocenters. The number of carbonyl (C=O) groups excluding carboxylic acids is 1. The van der Waals surface area contributed by atoms with Crippen LogP contribution in [0.5, 0.6) is 0 Å². The molecule has 1 fully saturated rings. The van der Waals surface area contributed by atoms with E-state index in [1.165, 1.54) is 4.88 Å². The van der Waals surface area contributed by atoms with Gasteiger partial charge in [0.2, 0.25) is 0 Å². The van der Waals surface area contributed by atoms with Crippen LogP contribution in [0, 0.1) is 0 Å². The molecular formula is C16H25ClN2O2S. The van der Waals surface area contributed by atoms with E-state index < -0.39 is 5.60 Å². The molecule has 6 heteroatoms. The first-order valence-electron chi connectivity index (χ1n) is 7.78. The van der Waals surface area contributed by atoms with Crippen LogP contribution in [0.4, 0.5) is 4.79 Å². The van der Waals surface area contributed by atoms with Crippen LogP contribution >= 0.6 is 22.9 Å². The summed E-state index contributed by atoms with van der Waals surface area (Å²) in [5, 5.41) is 6.13. The van der Waals surface area contributed by atoms with Gasteiger partial charge in [-0.05, 0) is 52.6 Å². The highest BCUT2D eigenvalue weighted by Gasteiger charge is 2.34. The van der Waals surface area contributed by atoms with Crippen molar-refractivity contribution in [3.8, 4) is 0 Å². The zero-order valence-corrected chi connectivity index (χ0v) is 15.1. The van der Waals surface area contributed by atoms with Crippen LogP contribution in [0.3, 0.4) is 0 Å². The van der Waals surface area contributed by atoms with E-state index in [9.17, 15) is 4.79 Å². The molecule has 1 amide bonds. The van der Waals surface area contributed by atoms with Gasteiger partial charge in [0.1, 0.15) is 5.60 Å². The second kappa shape index (κ2) is 7.66. The molecular weight excluding hydrogens is 320 g/mol. The number of carbonyl (C=O) groups is 1. The lowest BCUT2D eigenvalue weighted by Gasteiger charge is -2.27. The predicted molar refractivity (Wildman–Crippen MR) is 91.6 cm³/mol. The normalized spacial score (nSPS) is 14.9. The number of hydrogen-bond acceptors (Lipinski definition) is 4. The maximum Gasteiger partial charge on any atom is 0.410 e. The third-order valence-electron chi connectivity index (χ3n) is 3.29. The molecule has 0 saturated heterocycles. The van der Waals surface area contributed by atoms with E-state index in [0.717, 1.165) is 43.9 Å². The molecule has 0 radical (unpaired) electrons. The fourth-order valence-electron chi connectivity index (χ4n) is 2.16. The highest BCUT2D eigenvalue weighted by molar-refractivity contribution is 7.10. The zero-order chi connectivity index (χ0) is 16.2. The summed E-state index contributed by atoms with van der Waals surface area (Å²) in [5.74, 6) is 0. The lowest BCUT2D eigenvalue weighted by atomic mass is 10.2. The number of amides is 1. The van der Waals surface area contributed by atoms with Crippen LogP contribution in [0.15, 0.2) is 11.4 Å². The molecule has 0 bridgehead atoms. The molecule has 0 spiro atoms. The Hall–Kier alpha value is -0.780. The molecule has 1 aliphatic rings. The second-order valence-corrected chi connectivity index (χ2v) is 8.10. The first-order valence-corrected chi connectivity index (χ1v) is 9.04. The third kappa shape index (κ3) is 6.15. The number of halogens is 1. The van der Waals surface area contributed by atoms with Crippen molar-refractivity contribution in [3.05, 3.63) is 21.3 Å². The quantitative estimate of drug-likeness (QED) is 0.750. The number of rotatable bonds is 7. The van der Waals surface area contributed by atoms with E-state index in [-0.39, 0.29) is 6.09 Å². The number of ether oxygens (including phenoxy) is 1. The van der Waals surface area contributed by atoms with Gasteiger partial charge in [-0.1, -0.05) is 11.6 Å². The van der Waals surface area contributed by atoms with E-state index in [2.05, 4.69) is 5.32 Å². The first-order chi connectivity index (χ1) is 10.3. The minimum atomic E-state index is -0.430. The lowest BCUT2D eigenvalue weighted by molar-refractivity contribution is 0.0232. The van der Waals surface area contributed by atoms with E-state index in [1.54, 1.807) is 11.3 Å². The van der Waals surface area contributed by atoms with E-state index in [1.807, 2.05) is 37.1 Å². The van der Waals surface area contributed by atoms with Gasteiger partial charge < -0.3 is 15.0 Å². The van der Waals surface area contributed by atoms with E-state index >= 15 is 0 Å². The van der Waals surface area contributed by atoms with Gasteiger partial charge in [0.15, 0.2) is 0 Å². The van der Waals surface area contributed by atoms with Gasteiger partial charge in [-0.2, -0.15) is 0 Å². The molecule has 124 valence electrons. The highest BCUT2D eigenvalue weighted by Crippen LogP contribution is 2.28. The maximum atomic E-state index is 12.2. The summed E-state index contributed by atoms with van der Waals surface area (Å²) < 4.78 is 5.48. The molecule has 22 heavy (non-hydrogen) atoms. The topological polar surface area (TPSA) is 41.6 Å². The summed E-state index contributed by atoms with van der Waals surface area (Å²) >= 11 is 7.56. The van der Waals surface area contributed by atoms with Gasteiger partial charge in [0.25, 0.3) is 0 Å². The van der Waals surface area contributed by atoms with Crippen LogP contribution in [-0.4, -0.2) is 35.7 Å². The van der Waals surface area contributed by atoms with Crippen LogP contribution in [0.25, 0.3) is 0 Å².